The number of hydrogen-bond donors (Lipinski definition) is 2. The Kier molecular flexibility index (Phi) is 7.78. The van der Waals surface area contributed by atoms with Crippen molar-refractivity contribution in [1.82, 2.24) is 15.1 Å². The molecule has 0 fully saturated rings. The second-order valence-corrected chi connectivity index (χ2v) is 4.75. The quantitative estimate of drug-likeness (QED) is 0.622. The topological polar surface area (TPSA) is 91.4 Å². The van der Waals surface area contributed by atoms with E-state index >= 15 is 0 Å². The molecule has 7 nitrogen and oxygen atoms in total. The minimum atomic E-state index is -0.178. The molecule has 0 aliphatic rings. The van der Waals surface area contributed by atoms with E-state index in [1.165, 1.54) is 4.68 Å². The first-order chi connectivity index (χ1) is 10.1. The molecule has 0 spiro atoms. The Morgan fingerprint density at radius 3 is 2.71 bits per heavy atom. The highest BCUT2D eigenvalue weighted by Gasteiger charge is 2.18. The summed E-state index contributed by atoms with van der Waals surface area (Å²) in [5, 5.41) is 7.10. The number of amides is 1. The van der Waals surface area contributed by atoms with Crippen molar-refractivity contribution in [3.05, 3.63) is 11.4 Å². The zero-order valence-electron chi connectivity index (χ0n) is 13.1. The van der Waals surface area contributed by atoms with Gasteiger partial charge in [0.05, 0.1) is 24.6 Å². The van der Waals surface area contributed by atoms with Crippen molar-refractivity contribution in [2.75, 3.05) is 39.2 Å². The molecule has 0 atom stereocenters. The van der Waals surface area contributed by atoms with E-state index < -0.39 is 0 Å². The van der Waals surface area contributed by atoms with E-state index in [4.69, 9.17) is 15.2 Å². The number of ether oxygens (including phenoxy) is 2. The minimum absolute atomic E-state index is 0.178. The molecular formula is C14H26N4O3. The second-order valence-electron chi connectivity index (χ2n) is 4.75. The number of nitrogens with zero attached hydrogens (tertiary/aromatic N) is 2. The summed E-state index contributed by atoms with van der Waals surface area (Å²) in [6, 6.07) is 0. The predicted molar refractivity (Wildman–Crippen MR) is 81.3 cm³/mol. The maximum atomic E-state index is 12.1. The highest BCUT2D eigenvalue weighted by Crippen LogP contribution is 2.16. The third kappa shape index (κ3) is 5.35. The maximum absolute atomic E-state index is 12.1. The van der Waals surface area contributed by atoms with Crippen molar-refractivity contribution in [2.45, 2.75) is 26.2 Å². The van der Waals surface area contributed by atoms with Gasteiger partial charge in [-0.1, -0.05) is 6.92 Å². The molecule has 0 aromatic carbocycles. The van der Waals surface area contributed by atoms with Crippen LogP contribution in [0.1, 0.15) is 35.9 Å². The third-order valence-electron chi connectivity index (χ3n) is 3.14. The third-order valence-corrected chi connectivity index (χ3v) is 3.14. The average molecular weight is 298 g/mol. The smallest absolute Gasteiger partial charge is 0.271 e. The van der Waals surface area contributed by atoms with Crippen LogP contribution in [0.4, 0.5) is 5.69 Å². The van der Waals surface area contributed by atoms with Crippen molar-refractivity contribution < 1.29 is 14.3 Å². The van der Waals surface area contributed by atoms with Gasteiger partial charge in [-0.05, 0) is 19.3 Å². The van der Waals surface area contributed by atoms with E-state index in [2.05, 4.69) is 10.4 Å². The number of hydrogen-bond acceptors (Lipinski definition) is 5. The Morgan fingerprint density at radius 1 is 1.33 bits per heavy atom. The van der Waals surface area contributed by atoms with E-state index in [1.807, 2.05) is 6.92 Å². The van der Waals surface area contributed by atoms with Gasteiger partial charge < -0.3 is 20.5 Å². The molecule has 0 bridgehead atoms. The predicted octanol–water partition coefficient (Wildman–Crippen LogP) is 0.738. The SMILES string of the molecule is CCc1nn(C)c(C(=O)NCCCCOCCOC)c1N. The largest absolute Gasteiger partial charge is 0.395 e. The number of nitrogens with one attached hydrogen (secondary N) is 1. The molecule has 3 N–H and O–H groups in total. The number of aryl methyl sites for hydroxylation is 2. The van der Waals surface area contributed by atoms with Gasteiger partial charge in [-0.25, -0.2) is 0 Å². The number of aromatic nitrogens is 2. The van der Waals surface area contributed by atoms with Crippen LogP contribution in [0.25, 0.3) is 0 Å². The first kappa shape index (κ1) is 17.5. The van der Waals surface area contributed by atoms with Crippen LogP contribution in [0.2, 0.25) is 0 Å². The molecule has 0 aliphatic carbocycles. The summed E-state index contributed by atoms with van der Waals surface area (Å²) >= 11 is 0. The van der Waals surface area contributed by atoms with Crippen LogP contribution in [0.5, 0.6) is 0 Å². The molecule has 0 saturated carbocycles. The Morgan fingerprint density at radius 2 is 2.10 bits per heavy atom. The van der Waals surface area contributed by atoms with E-state index in [1.54, 1.807) is 14.2 Å². The summed E-state index contributed by atoms with van der Waals surface area (Å²) in [6.07, 6.45) is 2.47. The summed E-state index contributed by atoms with van der Waals surface area (Å²) in [6.45, 7) is 4.44. The van der Waals surface area contributed by atoms with Crippen molar-refractivity contribution in [3.63, 3.8) is 0 Å². The van der Waals surface area contributed by atoms with Crippen LogP contribution in [0.3, 0.4) is 0 Å². The summed E-state index contributed by atoms with van der Waals surface area (Å²) in [4.78, 5) is 12.1. The molecule has 7 heteroatoms. The molecule has 120 valence electrons. The Balaban J connectivity index is 2.27. The van der Waals surface area contributed by atoms with Crippen LogP contribution in [-0.2, 0) is 22.9 Å². The summed E-state index contributed by atoms with van der Waals surface area (Å²) in [5.41, 5.74) is 7.60. The van der Waals surface area contributed by atoms with Crippen molar-refractivity contribution >= 4 is 11.6 Å². The Hall–Kier alpha value is -1.60. The first-order valence-corrected chi connectivity index (χ1v) is 7.28. The van der Waals surface area contributed by atoms with E-state index in [0.717, 1.165) is 18.5 Å². The monoisotopic (exact) mass is 298 g/mol. The fraction of sp³-hybridized carbons (Fsp3) is 0.714. The van der Waals surface area contributed by atoms with Crippen LogP contribution in [0.15, 0.2) is 0 Å². The number of carbonyl (C=O) groups excluding carboxylic acids is 1. The molecule has 1 heterocycles. The van der Waals surface area contributed by atoms with Crippen LogP contribution in [-0.4, -0.2) is 49.2 Å². The van der Waals surface area contributed by atoms with Gasteiger partial charge in [0.2, 0.25) is 0 Å². The fourth-order valence-electron chi connectivity index (χ4n) is 1.99. The summed E-state index contributed by atoms with van der Waals surface area (Å²) < 4.78 is 11.8. The van der Waals surface area contributed by atoms with Gasteiger partial charge in [0.1, 0.15) is 5.69 Å². The average Bonchev–Trinajstić information content (AvgIpc) is 2.76. The summed E-state index contributed by atoms with van der Waals surface area (Å²) in [5.74, 6) is -0.178. The Bertz CT molecular complexity index is 446. The maximum Gasteiger partial charge on any atom is 0.271 e. The van der Waals surface area contributed by atoms with Crippen LogP contribution >= 0.6 is 0 Å². The van der Waals surface area contributed by atoms with Crippen LogP contribution < -0.4 is 11.1 Å². The van der Waals surface area contributed by atoms with Gasteiger partial charge in [-0.3, -0.25) is 9.48 Å². The highest BCUT2D eigenvalue weighted by atomic mass is 16.5. The van der Waals surface area contributed by atoms with E-state index in [0.29, 0.717) is 44.2 Å². The number of methoxy groups -OCH3 is 1. The lowest BCUT2D eigenvalue weighted by Crippen LogP contribution is -2.27. The Labute approximate surface area is 125 Å². The first-order valence-electron chi connectivity index (χ1n) is 7.28. The van der Waals surface area contributed by atoms with Crippen molar-refractivity contribution in [1.29, 1.82) is 0 Å². The summed E-state index contributed by atoms with van der Waals surface area (Å²) in [7, 11) is 3.38. The van der Waals surface area contributed by atoms with Gasteiger partial charge in [0, 0.05) is 27.3 Å². The zero-order chi connectivity index (χ0) is 15.7. The number of rotatable bonds is 10. The molecular weight excluding hydrogens is 272 g/mol. The number of nitrogens with two attached hydrogens (primary N) is 1. The molecule has 0 radical (unpaired) electrons. The fourth-order valence-corrected chi connectivity index (χ4v) is 1.99. The van der Waals surface area contributed by atoms with Gasteiger partial charge >= 0.3 is 0 Å². The molecule has 1 amide bonds. The molecule has 21 heavy (non-hydrogen) atoms. The standard InChI is InChI=1S/C14H26N4O3/c1-4-11-12(15)13(18(2)17-11)14(19)16-7-5-6-8-21-10-9-20-3/h4-10,15H2,1-3H3,(H,16,19). The van der Waals surface area contributed by atoms with Gasteiger partial charge in [0.15, 0.2) is 0 Å². The molecule has 0 aliphatic heterocycles. The lowest BCUT2D eigenvalue weighted by atomic mass is 10.2. The lowest BCUT2D eigenvalue weighted by Gasteiger charge is -2.07. The second kappa shape index (κ2) is 9.36. The molecule has 0 saturated heterocycles. The number of nitrogen functional groups attached to an aromatic ring is 1. The lowest BCUT2D eigenvalue weighted by molar-refractivity contribution is 0.0686. The van der Waals surface area contributed by atoms with Gasteiger partial charge in [-0.15, -0.1) is 0 Å². The van der Waals surface area contributed by atoms with Gasteiger partial charge in [-0.2, -0.15) is 5.10 Å². The molecule has 0 unspecified atom stereocenters. The molecule has 1 aromatic rings. The minimum Gasteiger partial charge on any atom is -0.395 e. The normalized spacial score (nSPS) is 10.8. The van der Waals surface area contributed by atoms with Crippen molar-refractivity contribution in [3.8, 4) is 0 Å². The van der Waals surface area contributed by atoms with E-state index in [-0.39, 0.29) is 5.91 Å². The van der Waals surface area contributed by atoms with Crippen LogP contribution in [0, 0.1) is 0 Å². The highest BCUT2D eigenvalue weighted by molar-refractivity contribution is 5.97. The van der Waals surface area contributed by atoms with E-state index in [9.17, 15) is 4.79 Å². The zero-order valence-corrected chi connectivity index (χ0v) is 13.1. The molecule has 1 rings (SSSR count). The van der Waals surface area contributed by atoms with Crippen molar-refractivity contribution in [2.24, 2.45) is 7.05 Å². The molecule has 1 aromatic heterocycles. The number of anilines is 1. The number of carbonyl (C=O) groups is 1. The number of unbranched alkanes of at least 4 members (excludes halogenated alkanes) is 1. The van der Waals surface area contributed by atoms with Gasteiger partial charge in [0.25, 0.3) is 5.91 Å².